The van der Waals surface area contributed by atoms with Gasteiger partial charge >= 0.3 is 0 Å². The maximum absolute atomic E-state index is 2.40. The van der Waals surface area contributed by atoms with E-state index in [2.05, 4.69) is 55.4 Å². The molecule has 0 amide bonds. The van der Waals surface area contributed by atoms with E-state index >= 15 is 0 Å². The molecule has 44 heavy (non-hydrogen) atoms. The lowest BCUT2D eigenvalue weighted by Crippen LogP contribution is -2.16. The van der Waals surface area contributed by atoms with Crippen LogP contribution in [0.5, 0.6) is 0 Å². The van der Waals surface area contributed by atoms with Crippen molar-refractivity contribution in [3.8, 4) is 0 Å². The van der Waals surface area contributed by atoms with Crippen LogP contribution in [-0.4, -0.2) is 0 Å². The summed E-state index contributed by atoms with van der Waals surface area (Å²) in [4.78, 5) is 0. The van der Waals surface area contributed by atoms with E-state index in [9.17, 15) is 0 Å². The Hall–Kier alpha value is 0. The van der Waals surface area contributed by atoms with Crippen LogP contribution in [0.1, 0.15) is 261 Å². The summed E-state index contributed by atoms with van der Waals surface area (Å²) in [5.41, 5.74) is 1.03. The van der Waals surface area contributed by atoms with Crippen molar-refractivity contribution in [2.45, 2.75) is 261 Å². The van der Waals surface area contributed by atoms with Crippen molar-refractivity contribution in [3.05, 3.63) is 0 Å². The smallest absolute Gasteiger partial charge is 0.0383 e. The number of hydrogen-bond donors (Lipinski definition) is 0. The average molecular weight is 619 g/mol. The van der Waals surface area contributed by atoms with Gasteiger partial charge in [0.25, 0.3) is 0 Å². The zero-order valence-electron chi connectivity index (χ0n) is 32.8. The molecule has 0 nitrogen and oxygen atoms in total. The molecule has 0 aliphatic rings. The van der Waals surface area contributed by atoms with Crippen LogP contribution in [-0.2, 0) is 0 Å². The normalized spacial score (nSPS) is 13.9. The molecule has 2 unspecified atom stereocenters. The summed E-state index contributed by atoms with van der Waals surface area (Å²) in [5.74, 6) is 2.02. The van der Waals surface area contributed by atoms with Gasteiger partial charge in [-0.1, -0.05) is 248 Å². The fraction of sp³-hybridized carbons (Fsp3) is 1.00. The molecule has 0 saturated carbocycles. The topological polar surface area (TPSA) is 0 Å². The molecule has 0 aliphatic carbocycles. The zero-order valence-corrected chi connectivity index (χ0v) is 32.8. The highest BCUT2D eigenvalue weighted by atomic mass is 14.3. The third kappa shape index (κ3) is 33.4. The summed E-state index contributed by atoms with van der Waals surface area (Å²) >= 11 is 0. The predicted molar refractivity (Wildman–Crippen MR) is 205 cm³/mol. The Morgan fingerprint density at radius 3 is 0.705 bits per heavy atom. The van der Waals surface area contributed by atoms with E-state index < -0.39 is 0 Å². The van der Waals surface area contributed by atoms with Gasteiger partial charge in [-0.15, -0.1) is 0 Å². The van der Waals surface area contributed by atoms with Gasteiger partial charge in [0, 0.05) is 0 Å². The summed E-state index contributed by atoms with van der Waals surface area (Å²) in [6.45, 7) is 19.1. The molecular formula is C44H90. The van der Waals surface area contributed by atoms with Gasteiger partial charge in [-0.05, 0) is 35.5 Å². The molecule has 0 saturated heterocycles. The van der Waals surface area contributed by atoms with Crippen LogP contribution in [0.4, 0.5) is 0 Å². The Balaban J connectivity index is 4.82. The Bertz CT molecular complexity index is 495. The molecular weight excluding hydrogens is 528 g/mol. The van der Waals surface area contributed by atoms with Crippen LogP contribution in [0, 0.1) is 22.7 Å². The highest BCUT2D eigenvalue weighted by Crippen LogP contribution is 2.34. The molecule has 0 heterocycles. The lowest BCUT2D eigenvalue weighted by atomic mass is 9.78. The van der Waals surface area contributed by atoms with Crippen LogP contribution in [0.25, 0.3) is 0 Å². The standard InChI is InChI=1S/C44H90/c1-9-11-13-15-17-23-29-35-41(37-31-25-19-21-27-33-39-43(3,4)5)42(36-30-24-18-16-14-12-10-2)38-32-26-20-22-28-34-40-44(6,7)8/h41-42H,9-40H2,1-8H3. The first-order valence-electron chi connectivity index (χ1n) is 21.1. The third-order valence-corrected chi connectivity index (χ3v) is 10.5. The fourth-order valence-corrected chi connectivity index (χ4v) is 7.50. The summed E-state index contributed by atoms with van der Waals surface area (Å²) < 4.78 is 0. The van der Waals surface area contributed by atoms with Crippen LogP contribution in [0.3, 0.4) is 0 Å². The van der Waals surface area contributed by atoms with Crippen molar-refractivity contribution in [1.82, 2.24) is 0 Å². The second-order valence-corrected chi connectivity index (χ2v) is 17.8. The van der Waals surface area contributed by atoms with E-state index in [1.165, 1.54) is 205 Å². The van der Waals surface area contributed by atoms with Gasteiger partial charge in [0.05, 0.1) is 0 Å². The van der Waals surface area contributed by atoms with Crippen molar-refractivity contribution in [2.24, 2.45) is 22.7 Å². The minimum Gasteiger partial charge on any atom is -0.0654 e. The summed E-state index contributed by atoms with van der Waals surface area (Å²) in [7, 11) is 0. The van der Waals surface area contributed by atoms with Gasteiger partial charge in [0.15, 0.2) is 0 Å². The van der Waals surface area contributed by atoms with Gasteiger partial charge in [-0.2, -0.15) is 0 Å². The Morgan fingerprint density at radius 1 is 0.273 bits per heavy atom. The fourth-order valence-electron chi connectivity index (χ4n) is 7.50. The van der Waals surface area contributed by atoms with Gasteiger partial charge in [-0.25, -0.2) is 0 Å². The molecule has 0 aliphatic heterocycles. The predicted octanol–water partition coefficient (Wildman–Crippen LogP) is 16.8. The van der Waals surface area contributed by atoms with Gasteiger partial charge in [0.1, 0.15) is 0 Å². The monoisotopic (exact) mass is 619 g/mol. The first-order chi connectivity index (χ1) is 21.1. The zero-order chi connectivity index (χ0) is 32.8. The second kappa shape index (κ2) is 30.3. The summed E-state index contributed by atoms with van der Waals surface area (Å²) in [5, 5.41) is 0. The molecule has 0 aromatic heterocycles. The van der Waals surface area contributed by atoms with Crippen molar-refractivity contribution in [2.75, 3.05) is 0 Å². The number of unbranched alkanes of at least 4 members (excludes halogenated alkanes) is 22. The Kier molecular flexibility index (Phi) is 30.3. The second-order valence-electron chi connectivity index (χ2n) is 17.8. The first-order valence-corrected chi connectivity index (χ1v) is 21.1. The van der Waals surface area contributed by atoms with Crippen LogP contribution in [0.2, 0.25) is 0 Å². The number of hydrogen-bond acceptors (Lipinski definition) is 0. The molecule has 2 atom stereocenters. The van der Waals surface area contributed by atoms with Crippen molar-refractivity contribution >= 4 is 0 Å². The molecule has 0 rings (SSSR count). The number of rotatable bonds is 33. The maximum atomic E-state index is 2.40. The van der Waals surface area contributed by atoms with E-state index in [1.807, 2.05) is 0 Å². The largest absolute Gasteiger partial charge is 0.0654 e. The highest BCUT2D eigenvalue weighted by molar-refractivity contribution is 4.73. The third-order valence-electron chi connectivity index (χ3n) is 10.5. The average Bonchev–Trinajstić information content (AvgIpc) is 2.95. The van der Waals surface area contributed by atoms with Crippen molar-refractivity contribution in [1.29, 1.82) is 0 Å². The van der Waals surface area contributed by atoms with Gasteiger partial charge in [-0.3, -0.25) is 0 Å². The van der Waals surface area contributed by atoms with E-state index in [-0.39, 0.29) is 0 Å². The molecule has 0 bridgehead atoms. The lowest BCUT2D eigenvalue weighted by molar-refractivity contribution is 0.236. The lowest BCUT2D eigenvalue weighted by Gasteiger charge is -2.28. The molecule has 0 spiro atoms. The van der Waals surface area contributed by atoms with E-state index in [0.717, 1.165) is 11.8 Å². The van der Waals surface area contributed by atoms with E-state index in [4.69, 9.17) is 0 Å². The summed E-state index contributed by atoms with van der Waals surface area (Å²) in [6, 6.07) is 0. The van der Waals surface area contributed by atoms with E-state index in [0.29, 0.717) is 10.8 Å². The SMILES string of the molecule is CCCCCCCCCC(CCCCCCCCC(C)(C)C)C(CCCCCCCCC)CCCCCCCCC(C)(C)C. The maximum Gasteiger partial charge on any atom is -0.0383 e. The minimum absolute atomic E-state index is 0.514. The molecule has 0 heteroatoms. The highest BCUT2D eigenvalue weighted by Gasteiger charge is 2.21. The Labute approximate surface area is 282 Å². The van der Waals surface area contributed by atoms with Crippen LogP contribution < -0.4 is 0 Å². The summed E-state index contributed by atoms with van der Waals surface area (Å²) in [6.07, 6.45) is 47.0. The van der Waals surface area contributed by atoms with Gasteiger partial charge in [0.2, 0.25) is 0 Å². The van der Waals surface area contributed by atoms with Crippen LogP contribution in [0.15, 0.2) is 0 Å². The first kappa shape index (κ1) is 44.0. The van der Waals surface area contributed by atoms with Crippen molar-refractivity contribution in [3.63, 3.8) is 0 Å². The molecule has 0 fully saturated rings. The molecule has 0 aromatic rings. The quantitative estimate of drug-likeness (QED) is 0.0642. The minimum atomic E-state index is 0.514. The molecule has 0 radical (unpaired) electrons. The van der Waals surface area contributed by atoms with E-state index in [1.54, 1.807) is 0 Å². The molecule has 266 valence electrons. The van der Waals surface area contributed by atoms with Crippen molar-refractivity contribution < 1.29 is 0 Å². The molecule has 0 aromatic carbocycles. The van der Waals surface area contributed by atoms with Gasteiger partial charge < -0.3 is 0 Å². The van der Waals surface area contributed by atoms with Crippen LogP contribution >= 0.6 is 0 Å². The molecule has 0 N–H and O–H groups in total. The Morgan fingerprint density at radius 2 is 0.477 bits per heavy atom.